The smallest absolute Gasteiger partial charge is 0.284 e. The van der Waals surface area contributed by atoms with E-state index in [1.807, 2.05) is 19.8 Å². The number of carbonyl (C=O) groups excluding carboxylic acids is 1. The van der Waals surface area contributed by atoms with Crippen LogP contribution in [0.3, 0.4) is 0 Å². The zero-order valence-corrected chi connectivity index (χ0v) is 6.09. The summed E-state index contributed by atoms with van der Waals surface area (Å²) < 4.78 is 9.78. The van der Waals surface area contributed by atoms with Crippen LogP contribution in [0, 0.1) is 6.92 Å². The lowest BCUT2D eigenvalue weighted by molar-refractivity contribution is -0.0979. The van der Waals surface area contributed by atoms with Gasteiger partial charge in [-0.25, -0.2) is 0 Å². The van der Waals surface area contributed by atoms with Gasteiger partial charge in [0.2, 0.25) is 0 Å². The molecule has 56 valence electrons. The first-order valence-electron chi connectivity index (χ1n) is 2.72. The number of hydrogen-bond donors (Lipinski definition) is 0. The summed E-state index contributed by atoms with van der Waals surface area (Å²) in [4.78, 5) is 8.00. The molecule has 0 fully saturated rings. The van der Waals surface area contributed by atoms with Gasteiger partial charge in [0.15, 0.2) is 0 Å². The second-order valence-electron chi connectivity index (χ2n) is 1.57. The molecule has 0 spiro atoms. The van der Waals surface area contributed by atoms with Crippen molar-refractivity contribution in [2.24, 2.45) is 0 Å². The van der Waals surface area contributed by atoms with Gasteiger partial charge in [-0.05, 0) is 13.0 Å². The Morgan fingerprint density at radius 1 is 1.50 bits per heavy atom. The van der Waals surface area contributed by atoms with E-state index in [0.29, 0.717) is 5.95 Å². The van der Waals surface area contributed by atoms with Crippen LogP contribution >= 0.6 is 0 Å². The van der Waals surface area contributed by atoms with Gasteiger partial charge < -0.3 is 13.9 Å². The predicted octanol–water partition coefficient (Wildman–Crippen LogP) is 1.41. The molecule has 0 bridgehead atoms. The van der Waals surface area contributed by atoms with Crippen molar-refractivity contribution < 1.29 is 13.9 Å². The van der Waals surface area contributed by atoms with Gasteiger partial charge in [-0.1, -0.05) is 0 Å². The average molecular weight is 142 g/mol. The summed E-state index contributed by atoms with van der Waals surface area (Å²) in [6.07, 6.45) is 0. The molecular formula is C7H10O3. The average Bonchev–Trinajstić information content (AvgIpc) is 2.40. The van der Waals surface area contributed by atoms with Gasteiger partial charge in [0, 0.05) is 6.07 Å². The summed E-state index contributed by atoms with van der Waals surface area (Å²) in [6.45, 7) is 3.88. The van der Waals surface area contributed by atoms with Gasteiger partial charge in [0.1, 0.15) is 12.5 Å². The van der Waals surface area contributed by atoms with Crippen molar-refractivity contribution in [1.82, 2.24) is 0 Å². The van der Waals surface area contributed by atoms with Crippen LogP contribution in [0.4, 0.5) is 0 Å². The van der Waals surface area contributed by atoms with E-state index in [1.165, 1.54) is 0 Å². The van der Waals surface area contributed by atoms with E-state index in [-0.39, 0.29) is 0 Å². The Balaban J connectivity index is 0.000000371. The monoisotopic (exact) mass is 142 g/mol. The highest BCUT2D eigenvalue weighted by atomic mass is 16.6. The molecule has 1 rings (SSSR count). The van der Waals surface area contributed by atoms with Crippen molar-refractivity contribution >= 4 is 6.79 Å². The van der Waals surface area contributed by atoms with E-state index < -0.39 is 0 Å². The Kier molecular flexibility index (Phi) is 4.04. The fourth-order valence-corrected chi connectivity index (χ4v) is 0.522. The van der Waals surface area contributed by atoms with Crippen molar-refractivity contribution in [3.05, 3.63) is 17.9 Å². The number of hydrogen-bond acceptors (Lipinski definition) is 3. The maximum atomic E-state index is 8.00. The van der Waals surface area contributed by atoms with E-state index in [0.717, 1.165) is 5.76 Å². The third-order valence-electron chi connectivity index (χ3n) is 0.917. The second kappa shape index (κ2) is 4.61. The number of methoxy groups -OCH3 is 1. The molecule has 0 radical (unpaired) electrons. The summed E-state index contributed by atoms with van der Waals surface area (Å²) in [7, 11) is 1.58. The lowest BCUT2D eigenvalue weighted by atomic mass is 10.5. The van der Waals surface area contributed by atoms with Crippen LogP contribution in [-0.4, -0.2) is 13.9 Å². The van der Waals surface area contributed by atoms with Crippen LogP contribution in [0.2, 0.25) is 0 Å². The van der Waals surface area contributed by atoms with Gasteiger partial charge >= 0.3 is 0 Å². The summed E-state index contributed by atoms with van der Waals surface area (Å²) >= 11 is 0. The first-order chi connectivity index (χ1) is 4.83. The number of furan rings is 1. The topological polar surface area (TPSA) is 39.4 Å². The van der Waals surface area contributed by atoms with Crippen LogP contribution in [-0.2, 0) is 4.79 Å². The number of ether oxygens (including phenoxy) is 1. The first kappa shape index (κ1) is 8.75. The molecule has 0 aromatic carbocycles. The normalized spacial score (nSPS) is 7.80. The maximum Gasteiger partial charge on any atom is 0.284 e. The van der Waals surface area contributed by atoms with E-state index in [2.05, 4.69) is 0 Å². The van der Waals surface area contributed by atoms with E-state index in [1.54, 1.807) is 13.2 Å². The molecular weight excluding hydrogens is 132 g/mol. The first-order valence-corrected chi connectivity index (χ1v) is 2.72. The highest BCUT2D eigenvalue weighted by Gasteiger charge is 1.92. The summed E-state index contributed by atoms with van der Waals surface area (Å²) in [5.74, 6) is 1.45. The van der Waals surface area contributed by atoms with Crippen LogP contribution in [0.15, 0.2) is 16.5 Å². The Morgan fingerprint density at radius 3 is 2.30 bits per heavy atom. The van der Waals surface area contributed by atoms with Crippen molar-refractivity contribution in [3.63, 3.8) is 0 Å². The molecule has 0 amide bonds. The summed E-state index contributed by atoms with van der Waals surface area (Å²) in [5, 5.41) is 0. The molecule has 1 heterocycles. The van der Waals surface area contributed by atoms with Crippen LogP contribution in [0.25, 0.3) is 0 Å². The Morgan fingerprint density at radius 2 is 2.10 bits per heavy atom. The highest BCUT2D eigenvalue weighted by molar-refractivity contribution is 5.11. The molecule has 3 nitrogen and oxygen atoms in total. The van der Waals surface area contributed by atoms with Gasteiger partial charge in [-0.15, -0.1) is 0 Å². The lowest BCUT2D eigenvalue weighted by Gasteiger charge is -1.87. The van der Waals surface area contributed by atoms with Gasteiger partial charge in [-0.2, -0.15) is 0 Å². The predicted molar refractivity (Wildman–Crippen MR) is 37.1 cm³/mol. The minimum atomic E-state index is 0.572. The molecule has 0 saturated carbocycles. The van der Waals surface area contributed by atoms with E-state index >= 15 is 0 Å². The van der Waals surface area contributed by atoms with Crippen LogP contribution in [0.5, 0.6) is 5.95 Å². The Bertz CT molecular complexity index is 181. The zero-order chi connectivity index (χ0) is 7.98. The SMILES string of the molecule is C=O.COc1ccc(C)o1. The minimum Gasteiger partial charge on any atom is -0.468 e. The van der Waals surface area contributed by atoms with Crippen molar-refractivity contribution in [2.75, 3.05) is 7.11 Å². The minimum absolute atomic E-state index is 0.572. The fourth-order valence-electron chi connectivity index (χ4n) is 0.522. The molecule has 0 saturated heterocycles. The van der Waals surface area contributed by atoms with Gasteiger partial charge in [0.05, 0.1) is 7.11 Å². The quantitative estimate of drug-likeness (QED) is 0.595. The number of aryl methyl sites for hydroxylation is 1. The van der Waals surface area contributed by atoms with Crippen molar-refractivity contribution in [3.8, 4) is 5.95 Å². The Labute approximate surface area is 59.6 Å². The van der Waals surface area contributed by atoms with E-state index in [9.17, 15) is 0 Å². The zero-order valence-electron chi connectivity index (χ0n) is 6.09. The molecule has 10 heavy (non-hydrogen) atoms. The highest BCUT2D eigenvalue weighted by Crippen LogP contribution is 2.12. The third-order valence-corrected chi connectivity index (χ3v) is 0.917. The molecule has 3 heteroatoms. The molecule has 0 aliphatic rings. The molecule has 0 aliphatic heterocycles. The van der Waals surface area contributed by atoms with Crippen LogP contribution < -0.4 is 4.74 Å². The molecule has 0 aliphatic carbocycles. The summed E-state index contributed by atoms with van der Waals surface area (Å²) in [5.41, 5.74) is 0. The second-order valence-corrected chi connectivity index (χ2v) is 1.57. The fraction of sp³-hybridized carbons (Fsp3) is 0.286. The number of carbonyl (C=O) groups is 1. The van der Waals surface area contributed by atoms with Crippen LogP contribution in [0.1, 0.15) is 5.76 Å². The van der Waals surface area contributed by atoms with Gasteiger partial charge in [-0.3, -0.25) is 0 Å². The molecule has 0 atom stereocenters. The molecule has 1 aromatic rings. The lowest BCUT2D eigenvalue weighted by Crippen LogP contribution is -1.75. The van der Waals surface area contributed by atoms with E-state index in [4.69, 9.17) is 13.9 Å². The molecule has 0 unspecified atom stereocenters. The Hall–Kier alpha value is -1.25. The van der Waals surface area contributed by atoms with Gasteiger partial charge in [0.25, 0.3) is 5.95 Å². The third kappa shape index (κ3) is 2.35. The summed E-state index contributed by atoms with van der Waals surface area (Å²) in [6, 6.07) is 3.65. The molecule has 1 aromatic heterocycles. The van der Waals surface area contributed by atoms with Crippen molar-refractivity contribution in [2.45, 2.75) is 6.92 Å². The maximum absolute atomic E-state index is 8.00. The number of rotatable bonds is 1. The standard InChI is InChI=1S/C6H8O2.CH2O/c1-5-3-4-6(7-2)8-5;1-2/h3-4H,1-2H3;1H2. The largest absolute Gasteiger partial charge is 0.468 e. The molecule has 0 N–H and O–H groups in total. The van der Waals surface area contributed by atoms with Crippen molar-refractivity contribution in [1.29, 1.82) is 0 Å².